The summed E-state index contributed by atoms with van der Waals surface area (Å²) >= 11 is 1.33. The number of aryl methyl sites for hydroxylation is 1. The quantitative estimate of drug-likeness (QED) is 0.352. The van der Waals surface area contributed by atoms with Crippen molar-refractivity contribution < 1.29 is 13.2 Å². The number of H-pyrrole nitrogens is 1. The Bertz CT molecular complexity index is 1240. The van der Waals surface area contributed by atoms with Crippen molar-refractivity contribution in [2.45, 2.75) is 29.8 Å². The molecule has 3 aromatic rings. The number of benzene rings is 2. The number of anilines is 2. The number of nitrogens with one attached hydrogen (secondary N) is 3. The number of aromatic amines is 1. The molecule has 0 aliphatic carbocycles. The van der Waals surface area contributed by atoms with E-state index in [2.05, 4.69) is 20.0 Å². The molecule has 162 valence electrons. The maximum atomic E-state index is 12.6. The zero-order valence-electron chi connectivity index (χ0n) is 17.0. The standard InChI is InChI=1S/C21H22N4O4S2/c1-14-16(20(27)24-21(22-14)30-2)12-13-19(26)23-17-10-6-7-11-18(17)25-31(28,29)15-8-4-3-5-9-15/h3-11,25H,12-13H2,1-2H3,(H,23,26)(H,22,24,27). The van der Waals surface area contributed by atoms with Crippen molar-refractivity contribution in [3.63, 3.8) is 0 Å². The van der Waals surface area contributed by atoms with E-state index >= 15 is 0 Å². The molecule has 31 heavy (non-hydrogen) atoms. The molecule has 0 bridgehead atoms. The number of hydrogen-bond donors (Lipinski definition) is 3. The number of hydrogen-bond acceptors (Lipinski definition) is 6. The molecule has 1 heterocycles. The van der Waals surface area contributed by atoms with Gasteiger partial charge < -0.3 is 10.3 Å². The zero-order chi connectivity index (χ0) is 22.4. The van der Waals surface area contributed by atoms with Crippen LogP contribution in [0.25, 0.3) is 0 Å². The van der Waals surface area contributed by atoms with Crippen LogP contribution in [0.2, 0.25) is 0 Å². The molecule has 2 aromatic carbocycles. The molecule has 10 heteroatoms. The molecule has 0 atom stereocenters. The van der Waals surface area contributed by atoms with E-state index in [1.807, 2.05) is 6.26 Å². The van der Waals surface area contributed by atoms with Crippen molar-refractivity contribution in [1.82, 2.24) is 9.97 Å². The molecule has 0 unspecified atom stereocenters. The third-order valence-electron chi connectivity index (χ3n) is 4.49. The van der Waals surface area contributed by atoms with E-state index in [9.17, 15) is 18.0 Å². The van der Waals surface area contributed by atoms with E-state index in [1.165, 1.54) is 23.9 Å². The minimum Gasteiger partial charge on any atom is -0.324 e. The van der Waals surface area contributed by atoms with E-state index < -0.39 is 10.0 Å². The lowest BCUT2D eigenvalue weighted by atomic mass is 10.1. The average molecular weight is 459 g/mol. The van der Waals surface area contributed by atoms with Gasteiger partial charge in [-0.1, -0.05) is 42.1 Å². The number of carbonyl (C=O) groups excluding carboxylic acids is 1. The Balaban J connectivity index is 1.71. The first-order valence-electron chi connectivity index (χ1n) is 9.40. The van der Waals surface area contributed by atoms with E-state index in [4.69, 9.17) is 0 Å². The third kappa shape index (κ3) is 5.74. The van der Waals surface area contributed by atoms with E-state index in [-0.39, 0.29) is 34.9 Å². The first kappa shape index (κ1) is 22.6. The monoisotopic (exact) mass is 458 g/mol. The molecule has 0 aliphatic rings. The summed E-state index contributed by atoms with van der Waals surface area (Å²) in [5.74, 6) is -0.348. The second-order valence-electron chi connectivity index (χ2n) is 6.65. The van der Waals surface area contributed by atoms with Gasteiger partial charge in [-0.05, 0) is 43.9 Å². The van der Waals surface area contributed by atoms with Gasteiger partial charge in [0.1, 0.15) is 0 Å². The fraction of sp³-hybridized carbons (Fsp3) is 0.190. The molecule has 1 aromatic heterocycles. The van der Waals surface area contributed by atoms with Crippen LogP contribution in [0.5, 0.6) is 0 Å². The number of para-hydroxylation sites is 2. The number of rotatable bonds is 8. The number of thioether (sulfide) groups is 1. The molecule has 8 nitrogen and oxygen atoms in total. The van der Waals surface area contributed by atoms with Crippen LogP contribution in [0.1, 0.15) is 17.7 Å². The SMILES string of the molecule is CSc1nc(C)c(CCC(=O)Nc2ccccc2NS(=O)(=O)c2ccccc2)c(=O)[nH]1. The summed E-state index contributed by atoms with van der Waals surface area (Å²) in [6.45, 7) is 1.73. The molecule has 3 N–H and O–H groups in total. The summed E-state index contributed by atoms with van der Waals surface area (Å²) < 4.78 is 27.7. The van der Waals surface area contributed by atoms with E-state index in [0.717, 1.165) is 0 Å². The lowest BCUT2D eigenvalue weighted by Crippen LogP contribution is -2.21. The first-order valence-corrected chi connectivity index (χ1v) is 12.1. The lowest BCUT2D eigenvalue weighted by Gasteiger charge is -2.13. The second kappa shape index (κ2) is 9.80. The minimum absolute atomic E-state index is 0.0456. The van der Waals surface area contributed by atoms with Crippen LogP contribution in [0.4, 0.5) is 11.4 Å². The first-order chi connectivity index (χ1) is 14.8. The fourth-order valence-corrected chi connectivity index (χ4v) is 4.44. The zero-order valence-corrected chi connectivity index (χ0v) is 18.6. The number of amides is 1. The highest BCUT2D eigenvalue weighted by molar-refractivity contribution is 7.98. The van der Waals surface area contributed by atoms with Crippen molar-refractivity contribution >= 4 is 39.1 Å². The van der Waals surface area contributed by atoms with E-state index in [0.29, 0.717) is 22.1 Å². The van der Waals surface area contributed by atoms with Crippen LogP contribution < -0.4 is 15.6 Å². The van der Waals surface area contributed by atoms with Crippen LogP contribution in [-0.2, 0) is 21.2 Å². The summed E-state index contributed by atoms with van der Waals surface area (Å²) in [5.41, 5.74) is 1.34. The average Bonchev–Trinajstić information content (AvgIpc) is 2.75. The van der Waals surface area contributed by atoms with Gasteiger partial charge >= 0.3 is 0 Å². The normalized spacial score (nSPS) is 11.2. The smallest absolute Gasteiger partial charge is 0.261 e. The van der Waals surface area contributed by atoms with Crippen LogP contribution in [0.15, 0.2) is 69.4 Å². The highest BCUT2D eigenvalue weighted by Crippen LogP contribution is 2.24. The largest absolute Gasteiger partial charge is 0.324 e. The Morgan fingerprint density at radius 1 is 1.06 bits per heavy atom. The topological polar surface area (TPSA) is 121 Å². The van der Waals surface area contributed by atoms with Gasteiger partial charge in [-0.3, -0.25) is 14.3 Å². The fourth-order valence-electron chi connectivity index (χ4n) is 2.91. The van der Waals surface area contributed by atoms with Crippen molar-refractivity contribution in [3.8, 4) is 0 Å². The molecular formula is C21H22N4O4S2. The molecule has 0 radical (unpaired) electrons. The van der Waals surface area contributed by atoms with E-state index in [1.54, 1.807) is 49.4 Å². The molecule has 3 rings (SSSR count). The molecular weight excluding hydrogens is 436 g/mol. The van der Waals surface area contributed by atoms with Gasteiger partial charge in [0.25, 0.3) is 15.6 Å². The number of carbonyl (C=O) groups is 1. The molecule has 0 saturated heterocycles. The van der Waals surface area contributed by atoms with Crippen LogP contribution in [-0.4, -0.2) is 30.5 Å². The van der Waals surface area contributed by atoms with Gasteiger partial charge in [-0.2, -0.15) is 0 Å². The Labute approximate surface area is 184 Å². The summed E-state index contributed by atoms with van der Waals surface area (Å²) in [7, 11) is -3.80. The Morgan fingerprint density at radius 2 is 1.71 bits per heavy atom. The lowest BCUT2D eigenvalue weighted by molar-refractivity contribution is -0.116. The van der Waals surface area contributed by atoms with Gasteiger partial charge in [0.2, 0.25) is 5.91 Å². The van der Waals surface area contributed by atoms with Crippen molar-refractivity contribution in [1.29, 1.82) is 0 Å². The van der Waals surface area contributed by atoms with Crippen LogP contribution in [0.3, 0.4) is 0 Å². The second-order valence-corrected chi connectivity index (χ2v) is 9.13. The van der Waals surface area contributed by atoms with Gasteiger partial charge in [-0.15, -0.1) is 0 Å². The highest BCUT2D eigenvalue weighted by Gasteiger charge is 2.17. The summed E-state index contributed by atoms with van der Waals surface area (Å²) in [4.78, 5) is 31.8. The Kier molecular flexibility index (Phi) is 7.13. The summed E-state index contributed by atoms with van der Waals surface area (Å²) in [6, 6.07) is 14.5. The predicted molar refractivity (Wildman–Crippen MR) is 122 cm³/mol. The maximum absolute atomic E-state index is 12.6. The predicted octanol–water partition coefficient (Wildman–Crippen LogP) is 3.17. The maximum Gasteiger partial charge on any atom is 0.261 e. The van der Waals surface area contributed by atoms with Gasteiger partial charge in [0, 0.05) is 17.7 Å². The van der Waals surface area contributed by atoms with Gasteiger partial charge in [0.15, 0.2) is 5.16 Å². The third-order valence-corrected chi connectivity index (χ3v) is 6.46. The molecule has 0 saturated carbocycles. The summed E-state index contributed by atoms with van der Waals surface area (Å²) in [6.07, 6.45) is 2.07. The van der Waals surface area contributed by atoms with Gasteiger partial charge in [-0.25, -0.2) is 13.4 Å². The summed E-state index contributed by atoms with van der Waals surface area (Å²) in [5, 5.41) is 3.24. The van der Waals surface area contributed by atoms with Crippen molar-refractivity contribution in [2.75, 3.05) is 16.3 Å². The number of sulfonamides is 1. The molecule has 0 spiro atoms. The number of aromatic nitrogens is 2. The van der Waals surface area contributed by atoms with Crippen molar-refractivity contribution in [3.05, 3.63) is 76.2 Å². The molecule has 0 aliphatic heterocycles. The molecule has 1 amide bonds. The van der Waals surface area contributed by atoms with Gasteiger partial charge in [0.05, 0.1) is 16.3 Å². The number of nitrogens with zero attached hydrogens (tertiary/aromatic N) is 1. The van der Waals surface area contributed by atoms with Crippen LogP contribution >= 0.6 is 11.8 Å². The van der Waals surface area contributed by atoms with Crippen molar-refractivity contribution in [2.24, 2.45) is 0 Å². The van der Waals surface area contributed by atoms with Crippen LogP contribution in [0, 0.1) is 6.92 Å². The highest BCUT2D eigenvalue weighted by atomic mass is 32.2. The molecule has 0 fully saturated rings. The Morgan fingerprint density at radius 3 is 2.35 bits per heavy atom. The minimum atomic E-state index is -3.80. The Hall–Kier alpha value is -3.11.